The molecular weight excluding hydrogens is 482 g/mol. The van der Waals surface area contributed by atoms with Gasteiger partial charge in [0.2, 0.25) is 0 Å². The molecule has 0 unspecified atom stereocenters. The minimum absolute atomic E-state index is 0.156. The molecule has 1 aliphatic heterocycles. The smallest absolute Gasteiger partial charge is 0.253 e. The maximum absolute atomic E-state index is 13.5. The number of H-pyrrole nitrogens is 1. The Hall–Kier alpha value is -3.92. The van der Waals surface area contributed by atoms with E-state index in [9.17, 15) is 9.90 Å². The Bertz CT molecular complexity index is 1450. The van der Waals surface area contributed by atoms with Gasteiger partial charge < -0.3 is 19.7 Å². The number of pyridine rings is 1. The van der Waals surface area contributed by atoms with Crippen LogP contribution in [-0.2, 0) is 5.54 Å². The van der Waals surface area contributed by atoms with Gasteiger partial charge in [-0.25, -0.2) is 4.68 Å². The van der Waals surface area contributed by atoms with Gasteiger partial charge in [0, 0.05) is 48.3 Å². The summed E-state index contributed by atoms with van der Waals surface area (Å²) in [5.74, 6) is 1.66. The van der Waals surface area contributed by atoms with Crippen molar-refractivity contribution < 1.29 is 9.84 Å². The zero-order chi connectivity index (χ0) is 26.9. The fourth-order valence-electron chi connectivity index (χ4n) is 5.01. The lowest BCUT2D eigenvalue weighted by molar-refractivity contribution is 0.186. The minimum Gasteiger partial charge on any atom is -0.508 e. The van der Waals surface area contributed by atoms with Crippen molar-refractivity contribution in [3.8, 4) is 11.5 Å². The molecule has 1 aliphatic rings. The van der Waals surface area contributed by atoms with Gasteiger partial charge in [0.25, 0.3) is 5.56 Å². The number of fused-ring (bicyclic) bond motifs is 1. The Morgan fingerprint density at radius 1 is 1.05 bits per heavy atom. The van der Waals surface area contributed by atoms with Gasteiger partial charge in [0.1, 0.15) is 17.5 Å². The fourth-order valence-corrected chi connectivity index (χ4v) is 5.01. The Morgan fingerprint density at radius 3 is 2.47 bits per heavy atom. The number of aromatic amines is 1. The van der Waals surface area contributed by atoms with E-state index in [1.165, 1.54) is 0 Å². The number of ether oxygens (including phenoxy) is 1. The summed E-state index contributed by atoms with van der Waals surface area (Å²) in [6, 6.07) is 14.5. The number of tetrazole rings is 1. The Morgan fingerprint density at radius 2 is 1.79 bits per heavy atom. The van der Waals surface area contributed by atoms with Crippen LogP contribution in [-0.4, -0.2) is 68.0 Å². The molecule has 1 saturated heterocycles. The number of phenolic OH excluding ortho intramolecular Hbond substituents is 1. The molecule has 0 aliphatic carbocycles. The summed E-state index contributed by atoms with van der Waals surface area (Å²) >= 11 is 0. The molecule has 0 bridgehead atoms. The van der Waals surface area contributed by atoms with Crippen LogP contribution in [0, 0.1) is 0 Å². The maximum atomic E-state index is 13.5. The van der Waals surface area contributed by atoms with Crippen molar-refractivity contribution in [1.82, 2.24) is 30.1 Å². The van der Waals surface area contributed by atoms with E-state index in [1.807, 2.05) is 48.0 Å². The van der Waals surface area contributed by atoms with E-state index in [-0.39, 0.29) is 16.8 Å². The highest BCUT2D eigenvalue weighted by Crippen LogP contribution is 2.32. The third kappa shape index (κ3) is 4.96. The van der Waals surface area contributed by atoms with Crippen LogP contribution in [0.4, 0.5) is 5.69 Å². The fraction of sp³-hybridized carbons (Fsp3) is 0.429. The van der Waals surface area contributed by atoms with Crippen molar-refractivity contribution in [3.05, 3.63) is 70.3 Å². The molecule has 2 N–H and O–H groups in total. The Kier molecular flexibility index (Phi) is 7.07. The molecule has 5 rings (SSSR count). The van der Waals surface area contributed by atoms with Gasteiger partial charge >= 0.3 is 0 Å². The number of piperazine rings is 1. The molecule has 10 heteroatoms. The number of anilines is 1. The number of benzene rings is 2. The second kappa shape index (κ2) is 10.4. The predicted octanol–water partition coefficient (Wildman–Crippen LogP) is 3.68. The number of aromatic nitrogens is 5. The average Bonchev–Trinajstić information content (AvgIpc) is 3.41. The van der Waals surface area contributed by atoms with Crippen LogP contribution in [0.15, 0.2) is 53.3 Å². The second-order valence-electron chi connectivity index (χ2n) is 10.3. The van der Waals surface area contributed by atoms with Crippen LogP contribution in [0.3, 0.4) is 0 Å². The highest BCUT2D eigenvalue weighted by atomic mass is 16.5. The first-order chi connectivity index (χ1) is 18.3. The highest BCUT2D eigenvalue weighted by molar-refractivity contribution is 5.80. The van der Waals surface area contributed by atoms with Crippen LogP contribution in [0.5, 0.6) is 11.5 Å². The first kappa shape index (κ1) is 25.7. The van der Waals surface area contributed by atoms with E-state index in [4.69, 9.17) is 4.74 Å². The second-order valence-corrected chi connectivity index (χ2v) is 10.3. The molecule has 1 atom stereocenters. The van der Waals surface area contributed by atoms with Crippen molar-refractivity contribution in [2.24, 2.45) is 0 Å². The van der Waals surface area contributed by atoms with Gasteiger partial charge in [-0.2, -0.15) is 0 Å². The molecule has 3 heterocycles. The topological polar surface area (TPSA) is 112 Å². The van der Waals surface area contributed by atoms with E-state index >= 15 is 0 Å². The normalized spacial score (nSPS) is 15.6. The van der Waals surface area contributed by atoms with Crippen molar-refractivity contribution in [2.45, 2.75) is 45.7 Å². The molecule has 2 aromatic carbocycles. The lowest BCUT2D eigenvalue weighted by Gasteiger charge is -2.40. The summed E-state index contributed by atoms with van der Waals surface area (Å²) in [6.07, 6.45) is 0.832. The zero-order valence-electron chi connectivity index (χ0n) is 22.4. The van der Waals surface area contributed by atoms with Crippen molar-refractivity contribution in [2.75, 3.05) is 37.7 Å². The number of nitrogens with one attached hydrogen (secondary N) is 1. The lowest BCUT2D eigenvalue weighted by atomic mass is 9.98. The monoisotopic (exact) mass is 517 g/mol. The molecule has 0 spiro atoms. The Balaban J connectivity index is 1.56. The van der Waals surface area contributed by atoms with Gasteiger partial charge in [-0.1, -0.05) is 6.92 Å². The summed E-state index contributed by atoms with van der Waals surface area (Å²) < 4.78 is 7.58. The maximum Gasteiger partial charge on any atom is 0.253 e. The molecule has 38 heavy (non-hydrogen) atoms. The van der Waals surface area contributed by atoms with Crippen LogP contribution in [0.1, 0.15) is 51.5 Å². The first-order valence-corrected chi connectivity index (χ1v) is 13.2. The lowest BCUT2D eigenvalue weighted by Crippen LogP contribution is -2.49. The van der Waals surface area contributed by atoms with Crippen LogP contribution in [0.25, 0.3) is 10.9 Å². The molecule has 10 nitrogen and oxygen atoms in total. The van der Waals surface area contributed by atoms with Crippen LogP contribution in [0.2, 0.25) is 0 Å². The van der Waals surface area contributed by atoms with Gasteiger partial charge in [-0.3, -0.25) is 9.69 Å². The summed E-state index contributed by atoms with van der Waals surface area (Å²) in [6.45, 7) is 11.8. The molecule has 2 aromatic heterocycles. The molecule has 0 amide bonds. The summed E-state index contributed by atoms with van der Waals surface area (Å²) in [5.41, 5.74) is 1.94. The van der Waals surface area contributed by atoms with Gasteiger partial charge in [-0.15, -0.1) is 5.10 Å². The van der Waals surface area contributed by atoms with E-state index in [0.717, 1.165) is 41.9 Å². The molecule has 4 aromatic rings. The molecule has 1 fully saturated rings. The molecule has 0 radical (unpaired) electrons. The average molecular weight is 518 g/mol. The number of aromatic hydroxyl groups is 1. The molecule has 0 saturated carbocycles. The summed E-state index contributed by atoms with van der Waals surface area (Å²) in [5, 5.41) is 23.5. The third-order valence-corrected chi connectivity index (χ3v) is 7.52. The van der Waals surface area contributed by atoms with Gasteiger partial charge in [-0.05, 0) is 86.1 Å². The van der Waals surface area contributed by atoms with Crippen LogP contribution >= 0.6 is 0 Å². The largest absolute Gasteiger partial charge is 0.508 e. The van der Waals surface area contributed by atoms with E-state index in [1.54, 1.807) is 12.1 Å². The number of hydrogen-bond acceptors (Lipinski definition) is 8. The minimum atomic E-state index is -0.429. The molecular formula is C28H35N7O3. The molecule has 200 valence electrons. The number of hydrogen-bond donors (Lipinski definition) is 2. The predicted molar refractivity (Wildman–Crippen MR) is 147 cm³/mol. The van der Waals surface area contributed by atoms with Gasteiger partial charge in [0.15, 0.2) is 5.82 Å². The van der Waals surface area contributed by atoms with E-state index in [0.29, 0.717) is 31.1 Å². The number of rotatable bonds is 8. The number of phenols is 1. The van der Waals surface area contributed by atoms with E-state index in [2.05, 4.69) is 51.1 Å². The SMILES string of the molecule is CCOc1ccc2[nH]c(=O)c([C@@H](c3nnnn3C(C)(C)CC)N3CCN(c4ccc(O)cc4)CC3)cc2c1. The van der Waals surface area contributed by atoms with Crippen molar-refractivity contribution >= 4 is 16.6 Å². The van der Waals surface area contributed by atoms with Crippen molar-refractivity contribution in [3.63, 3.8) is 0 Å². The zero-order valence-corrected chi connectivity index (χ0v) is 22.4. The summed E-state index contributed by atoms with van der Waals surface area (Å²) in [7, 11) is 0. The van der Waals surface area contributed by atoms with Crippen molar-refractivity contribution in [1.29, 1.82) is 0 Å². The first-order valence-electron chi connectivity index (χ1n) is 13.2. The van der Waals surface area contributed by atoms with Crippen LogP contribution < -0.4 is 15.2 Å². The van der Waals surface area contributed by atoms with Gasteiger partial charge in [0.05, 0.1) is 12.1 Å². The highest BCUT2D eigenvalue weighted by Gasteiger charge is 2.35. The third-order valence-electron chi connectivity index (χ3n) is 7.52. The van der Waals surface area contributed by atoms with E-state index < -0.39 is 6.04 Å². The standard InChI is InChI=1S/C28H35N7O3/c1-5-28(3,4)35-26(30-31-32-35)25(34-15-13-33(14-16-34)20-7-9-21(36)10-8-20)23-18-19-17-22(38-6-2)11-12-24(19)29-27(23)37/h7-12,17-18,25,36H,5-6,13-16H2,1-4H3,(H,29,37)/t25-/m0/s1. The quantitative estimate of drug-likeness (QED) is 0.364. The number of nitrogens with zero attached hydrogens (tertiary/aromatic N) is 6. The summed E-state index contributed by atoms with van der Waals surface area (Å²) in [4.78, 5) is 21.2. The Labute approximate surface area is 221 Å².